The number of methoxy groups -OCH3 is 1. The molecule has 94 valence electrons. The predicted molar refractivity (Wildman–Crippen MR) is 73.4 cm³/mol. The van der Waals surface area contributed by atoms with E-state index in [2.05, 4.69) is 16.9 Å². The Morgan fingerprint density at radius 2 is 2.33 bits per heavy atom. The zero-order valence-corrected chi connectivity index (χ0v) is 10.7. The quantitative estimate of drug-likeness (QED) is 0.820. The minimum absolute atomic E-state index is 0.729. The molecule has 0 aliphatic heterocycles. The lowest BCUT2D eigenvalue weighted by molar-refractivity contribution is 0.415. The second-order valence-electron chi connectivity index (χ2n) is 4.00. The maximum atomic E-state index is 5.19. The van der Waals surface area contributed by atoms with E-state index in [1.807, 2.05) is 48.0 Å². The molecule has 0 aliphatic carbocycles. The maximum Gasteiger partial charge on any atom is 0.207 e. The van der Waals surface area contributed by atoms with Crippen molar-refractivity contribution in [3.8, 4) is 5.75 Å². The van der Waals surface area contributed by atoms with E-state index in [9.17, 15) is 0 Å². The summed E-state index contributed by atoms with van der Waals surface area (Å²) in [6, 6.07) is 7.76. The molecule has 18 heavy (non-hydrogen) atoms. The first kappa shape index (κ1) is 12.2. The zero-order chi connectivity index (χ0) is 13.0. The Hall–Kier alpha value is -2.23. The molecule has 4 heteroatoms. The molecule has 0 aliphatic rings. The van der Waals surface area contributed by atoms with Gasteiger partial charge in [0.1, 0.15) is 5.75 Å². The summed E-state index contributed by atoms with van der Waals surface area (Å²) in [6.45, 7) is 6.44. The van der Waals surface area contributed by atoms with Crippen LogP contribution in [0.25, 0.3) is 0 Å². The number of nitrogens with zero attached hydrogens (tertiary/aromatic N) is 2. The van der Waals surface area contributed by atoms with Crippen molar-refractivity contribution in [1.29, 1.82) is 0 Å². The van der Waals surface area contributed by atoms with Gasteiger partial charge < -0.3 is 14.6 Å². The number of hydrogen-bond acceptors (Lipinski definition) is 3. The lowest BCUT2D eigenvalue weighted by atomic mass is 10.3. The summed E-state index contributed by atoms with van der Waals surface area (Å²) in [6.07, 6.45) is 3.84. The maximum absolute atomic E-state index is 5.19. The third-order valence-electron chi connectivity index (χ3n) is 2.55. The first-order chi connectivity index (χ1) is 8.72. The van der Waals surface area contributed by atoms with Crippen LogP contribution < -0.4 is 10.1 Å². The van der Waals surface area contributed by atoms with Crippen LogP contribution in [0, 0.1) is 6.92 Å². The van der Waals surface area contributed by atoms with Crippen molar-refractivity contribution in [2.75, 3.05) is 12.4 Å². The molecule has 0 radical (unpaired) electrons. The molecule has 2 aromatic rings. The first-order valence-corrected chi connectivity index (χ1v) is 5.78. The first-order valence-electron chi connectivity index (χ1n) is 5.78. The molecular formula is C14H17N3O. The predicted octanol–water partition coefficient (Wildman–Crippen LogP) is 3.13. The summed E-state index contributed by atoms with van der Waals surface area (Å²) in [7, 11) is 1.65. The van der Waals surface area contributed by atoms with E-state index in [0.29, 0.717) is 0 Å². The van der Waals surface area contributed by atoms with Crippen LogP contribution in [0.15, 0.2) is 43.1 Å². The van der Waals surface area contributed by atoms with E-state index in [0.717, 1.165) is 29.6 Å². The highest BCUT2D eigenvalue weighted by Crippen LogP contribution is 2.21. The zero-order valence-electron chi connectivity index (χ0n) is 10.7. The molecule has 0 spiro atoms. The van der Waals surface area contributed by atoms with Crippen LogP contribution in [0.2, 0.25) is 0 Å². The van der Waals surface area contributed by atoms with E-state index in [4.69, 9.17) is 4.74 Å². The second kappa shape index (κ2) is 5.40. The Morgan fingerprint density at radius 3 is 3.06 bits per heavy atom. The van der Waals surface area contributed by atoms with Crippen LogP contribution in [0.4, 0.5) is 11.6 Å². The highest BCUT2D eigenvalue weighted by atomic mass is 16.5. The SMILES string of the molecule is C=CCn1cc(C)nc1Nc1cccc(OC)c1. The van der Waals surface area contributed by atoms with Gasteiger partial charge in [0.15, 0.2) is 0 Å². The molecule has 0 fully saturated rings. The molecule has 0 saturated carbocycles. The summed E-state index contributed by atoms with van der Waals surface area (Å²) >= 11 is 0. The minimum Gasteiger partial charge on any atom is -0.497 e. The number of rotatable bonds is 5. The highest BCUT2D eigenvalue weighted by molar-refractivity contribution is 5.56. The van der Waals surface area contributed by atoms with Crippen molar-refractivity contribution >= 4 is 11.6 Å². The molecule has 1 heterocycles. The van der Waals surface area contributed by atoms with Gasteiger partial charge in [-0.15, -0.1) is 6.58 Å². The number of ether oxygens (including phenoxy) is 1. The number of aromatic nitrogens is 2. The van der Waals surface area contributed by atoms with Gasteiger partial charge in [0.25, 0.3) is 0 Å². The average molecular weight is 243 g/mol. The van der Waals surface area contributed by atoms with Crippen LogP contribution in [0.1, 0.15) is 5.69 Å². The number of anilines is 2. The van der Waals surface area contributed by atoms with E-state index in [-0.39, 0.29) is 0 Å². The number of nitrogens with one attached hydrogen (secondary N) is 1. The smallest absolute Gasteiger partial charge is 0.207 e. The van der Waals surface area contributed by atoms with Crippen LogP contribution in [-0.2, 0) is 6.54 Å². The number of imidazole rings is 1. The summed E-state index contributed by atoms with van der Waals surface area (Å²) < 4.78 is 7.21. The molecule has 0 amide bonds. The van der Waals surface area contributed by atoms with Gasteiger partial charge in [-0.2, -0.15) is 0 Å². The molecule has 0 bridgehead atoms. The monoisotopic (exact) mass is 243 g/mol. The molecule has 0 unspecified atom stereocenters. The summed E-state index contributed by atoms with van der Waals surface area (Å²) in [5.41, 5.74) is 1.92. The lowest BCUT2D eigenvalue weighted by Crippen LogP contribution is -2.01. The van der Waals surface area contributed by atoms with E-state index in [1.54, 1.807) is 7.11 Å². The standard InChI is InChI=1S/C14H17N3O/c1-4-8-17-10-11(2)15-14(17)16-12-6-5-7-13(9-12)18-3/h4-7,9-10H,1,8H2,2-3H3,(H,15,16). The van der Waals surface area contributed by atoms with Crippen molar-refractivity contribution in [3.05, 3.63) is 48.8 Å². The van der Waals surface area contributed by atoms with E-state index in [1.165, 1.54) is 0 Å². The number of benzene rings is 1. The summed E-state index contributed by atoms with van der Waals surface area (Å²) in [5, 5.41) is 3.28. The molecular weight excluding hydrogens is 226 g/mol. The average Bonchev–Trinajstić information content (AvgIpc) is 2.70. The summed E-state index contributed by atoms with van der Waals surface area (Å²) in [5.74, 6) is 1.62. The lowest BCUT2D eigenvalue weighted by Gasteiger charge is -2.09. The number of hydrogen-bond donors (Lipinski definition) is 1. The Labute approximate surface area is 107 Å². The Bertz CT molecular complexity index is 546. The van der Waals surface area contributed by atoms with E-state index < -0.39 is 0 Å². The second-order valence-corrected chi connectivity index (χ2v) is 4.00. The third-order valence-corrected chi connectivity index (χ3v) is 2.55. The molecule has 2 rings (SSSR count). The topological polar surface area (TPSA) is 39.1 Å². The van der Waals surface area contributed by atoms with Crippen molar-refractivity contribution in [1.82, 2.24) is 9.55 Å². The number of aryl methyl sites for hydroxylation is 1. The van der Waals surface area contributed by atoms with Gasteiger partial charge in [0.05, 0.1) is 12.8 Å². The van der Waals surface area contributed by atoms with Crippen LogP contribution in [-0.4, -0.2) is 16.7 Å². The van der Waals surface area contributed by atoms with Crippen LogP contribution >= 0.6 is 0 Å². The fourth-order valence-corrected chi connectivity index (χ4v) is 1.75. The van der Waals surface area contributed by atoms with Crippen molar-refractivity contribution in [2.45, 2.75) is 13.5 Å². The minimum atomic E-state index is 0.729. The van der Waals surface area contributed by atoms with Gasteiger partial charge in [-0.3, -0.25) is 0 Å². The van der Waals surface area contributed by atoms with Crippen LogP contribution in [0.5, 0.6) is 5.75 Å². The Balaban J connectivity index is 2.24. The van der Waals surface area contributed by atoms with Crippen molar-refractivity contribution in [2.24, 2.45) is 0 Å². The third kappa shape index (κ3) is 2.71. The highest BCUT2D eigenvalue weighted by Gasteiger charge is 2.05. The van der Waals surface area contributed by atoms with Gasteiger partial charge in [0.2, 0.25) is 5.95 Å². The molecule has 4 nitrogen and oxygen atoms in total. The summed E-state index contributed by atoms with van der Waals surface area (Å²) in [4.78, 5) is 4.44. The largest absolute Gasteiger partial charge is 0.497 e. The van der Waals surface area contributed by atoms with E-state index >= 15 is 0 Å². The molecule has 1 aromatic carbocycles. The van der Waals surface area contributed by atoms with Gasteiger partial charge in [-0.05, 0) is 19.1 Å². The van der Waals surface area contributed by atoms with Gasteiger partial charge in [-0.25, -0.2) is 4.98 Å². The fourth-order valence-electron chi connectivity index (χ4n) is 1.75. The molecule has 0 atom stereocenters. The molecule has 1 aromatic heterocycles. The Kier molecular flexibility index (Phi) is 3.67. The Morgan fingerprint density at radius 1 is 1.50 bits per heavy atom. The molecule has 1 N–H and O–H groups in total. The van der Waals surface area contributed by atoms with Crippen molar-refractivity contribution < 1.29 is 4.74 Å². The van der Waals surface area contributed by atoms with Gasteiger partial charge in [-0.1, -0.05) is 12.1 Å². The normalized spacial score (nSPS) is 10.1. The van der Waals surface area contributed by atoms with Crippen LogP contribution in [0.3, 0.4) is 0 Å². The number of allylic oxidation sites excluding steroid dienone is 1. The fraction of sp³-hybridized carbons (Fsp3) is 0.214. The van der Waals surface area contributed by atoms with Gasteiger partial charge in [0, 0.05) is 24.5 Å². The van der Waals surface area contributed by atoms with Gasteiger partial charge >= 0.3 is 0 Å². The molecule has 0 saturated heterocycles. The van der Waals surface area contributed by atoms with Crippen molar-refractivity contribution in [3.63, 3.8) is 0 Å².